The highest BCUT2D eigenvalue weighted by atomic mass is 79.9. The Bertz CT molecular complexity index is 58.0. The summed E-state index contributed by atoms with van der Waals surface area (Å²) in [4.78, 5) is 0.325. The van der Waals surface area contributed by atoms with Gasteiger partial charge in [-0.05, 0) is 6.42 Å². The number of hydrogen-bond acceptors (Lipinski definition) is 0. The standard InChI is InChI=1S/C4H6Br2Cl2/c5-3(2-7)1-4(6)8/h3-4H,1-2H2. The van der Waals surface area contributed by atoms with E-state index in [4.69, 9.17) is 23.2 Å². The Morgan fingerprint density at radius 2 is 1.88 bits per heavy atom. The van der Waals surface area contributed by atoms with Crippen molar-refractivity contribution in [3.05, 3.63) is 0 Å². The fourth-order valence-electron chi connectivity index (χ4n) is 0.256. The Hall–Kier alpha value is 1.54. The molecule has 0 aromatic heterocycles. The van der Waals surface area contributed by atoms with Crippen molar-refractivity contribution < 1.29 is 0 Å². The highest BCUT2D eigenvalue weighted by Gasteiger charge is 2.06. The zero-order valence-corrected chi connectivity index (χ0v) is 8.76. The van der Waals surface area contributed by atoms with Crippen molar-refractivity contribution in [3.63, 3.8) is 0 Å². The van der Waals surface area contributed by atoms with E-state index in [1.165, 1.54) is 0 Å². The average Bonchev–Trinajstić information content (AvgIpc) is 1.65. The molecule has 0 radical (unpaired) electrons. The summed E-state index contributed by atoms with van der Waals surface area (Å²) in [6.07, 6.45) is 0.852. The van der Waals surface area contributed by atoms with Crippen LogP contribution in [-0.4, -0.2) is 15.0 Å². The maximum Gasteiger partial charge on any atom is 0.0897 e. The van der Waals surface area contributed by atoms with Gasteiger partial charge in [0.05, 0.1) is 4.29 Å². The largest absolute Gasteiger partial charge is 0.126 e. The van der Waals surface area contributed by atoms with Gasteiger partial charge in [-0.2, -0.15) is 0 Å². The molecule has 0 nitrogen and oxygen atoms in total. The van der Waals surface area contributed by atoms with Crippen molar-refractivity contribution in [2.75, 3.05) is 5.88 Å². The SMILES string of the molecule is ClCC(Br)CC(Cl)Br. The molecule has 0 amide bonds. The monoisotopic (exact) mass is 282 g/mol. The Morgan fingerprint density at radius 1 is 1.38 bits per heavy atom. The van der Waals surface area contributed by atoms with Crippen molar-refractivity contribution in [2.45, 2.75) is 15.5 Å². The Morgan fingerprint density at radius 3 is 2.00 bits per heavy atom. The van der Waals surface area contributed by atoms with Crippen molar-refractivity contribution in [1.29, 1.82) is 0 Å². The van der Waals surface area contributed by atoms with Gasteiger partial charge in [-0.1, -0.05) is 31.9 Å². The zero-order valence-electron chi connectivity index (χ0n) is 4.08. The van der Waals surface area contributed by atoms with Crippen molar-refractivity contribution >= 4 is 55.1 Å². The van der Waals surface area contributed by atoms with Crippen LogP contribution in [0.2, 0.25) is 0 Å². The van der Waals surface area contributed by atoms with Gasteiger partial charge in [-0.3, -0.25) is 0 Å². The maximum absolute atomic E-state index is 5.58. The summed E-state index contributed by atoms with van der Waals surface area (Å²) in [7, 11) is 0. The van der Waals surface area contributed by atoms with Gasteiger partial charge in [0.15, 0.2) is 0 Å². The summed E-state index contributed by atoms with van der Waals surface area (Å²) in [5.41, 5.74) is 0. The molecule has 0 aliphatic rings. The van der Waals surface area contributed by atoms with Crippen LogP contribution in [0.15, 0.2) is 0 Å². The van der Waals surface area contributed by atoms with E-state index in [1.54, 1.807) is 0 Å². The van der Waals surface area contributed by atoms with Gasteiger partial charge in [0.1, 0.15) is 0 Å². The van der Waals surface area contributed by atoms with E-state index in [-0.39, 0.29) is 4.29 Å². The van der Waals surface area contributed by atoms with E-state index in [0.29, 0.717) is 10.7 Å². The molecular formula is C4H6Br2Cl2. The first-order valence-electron chi connectivity index (χ1n) is 2.15. The van der Waals surface area contributed by atoms with Gasteiger partial charge in [-0.15, -0.1) is 23.2 Å². The van der Waals surface area contributed by atoms with Crippen molar-refractivity contribution in [3.8, 4) is 0 Å². The summed E-state index contributed by atoms with van der Waals surface area (Å²) in [5, 5.41) is 0. The van der Waals surface area contributed by atoms with Gasteiger partial charge < -0.3 is 0 Å². The molecular weight excluding hydrogens is 279 g/mol. The van der Waals surface area contributed by atoms with E-state index < -0.39 is 0 Å². The molecule has 0 rings (SSSR count). The van der Waals surface area contributed by atoms with E-state index in [2.05, 4.69) is 31.9 Å². The maximum atomic E-state index is 5.58. The molecule has 0 aliphatic heterocycles. The quantitative estimate of drug-likeness (QED) is 0.698. The molecule has 0 fully saturated rings. The summed E-state index contributed by atoms with van der Waals surface area (Å²) in [5.74, 6) is 0.606. The summed E-state index contributed by atoms with van der Waals surface area (Å²) < 4.78 is 0.0330. The van der Waals surface area contributed by atoms with Gasteiger partial charge in [-0.25, -0.2) is 0 Å². The van der Waals surface area contributed by atoms with Crippen LogP contribution in [0.1, 0.15) is 6.42 Å². The minimum Gasteiger partial charge on any atom is -0.126 e. The summed E-state index contributed by atoms with van der Waals surface area (Å²) >= 11 is 17.6. The van der Waals surface area contributed by atoms with Crippen LogP contribution in [0.3, 0.4) is 0 Å². The Labute approximate surface area is 76.2 Å². The number of hydrogen-bond donors (Lipinski definition) is 0. The summed E-state index contributed by atoms with van der Waals surface area (Å²) in [6, 6.07) is 0. The second-order valence-electron chi connectivity index (χ2n) is 1.38. The molecule has 2 unspecified atom stereocenters. The molecule has 0 aromatic carbocycles. The second kappa shape index (κ2) is 5.33. The molecule has 4 heteroatoms. The lowest BCUT2D eigenvalue weighted by Gasteiger charge is -2.03. The predicted octanol–water partition coefficient (Wildman–Crippen LogP) is 3.34. The predicted molar refractivity (Wildman–Crippen MR) is 46.6 cm³/mol. The molecule has 8 heavy (non-hydrogen) atoms. The molecule has 0 N–H and O–H groups in total. The van der Waals surface area contributed by atoms with E-state index in [0.717, 1.165) is 6.42 Å². The smallest absolute Gasteiger partial charge is 0.0897 e. The minimum atomic E-state index is 0.0330. The van der Waals surface area contributed by atoms with Gasteiger partial charge >= 0.3 is 0 Å². The molecule has 0 saturated carbocycles. The van der Waals surface area contributed by atoms with E-state index in [1.807, 2.05) is 0 Å². The van der Waals surface area contributed by atoms with Gasteiger partial charge in [0.25, 0.3) is 0 Å². The fraction of sp³-hybridized carbons (Fsp3) is 1.00. The molecule has 0 saturated heterocycles. The zero-order chi connectivity index (χ0) is 6.57. The van der Waals surface area contributed by atoms with Crippen LogP contribution in [0.5, 0.6) is 0 Å². The molecule has 0 bridgehead atoms. The van der Waals surface area contributed by atoms with Gasteiger partial charge in [0, 0.05) is 10.7 Å². The normalized spacial score (nSPS) is 18.0. The van der Waals surface area contributed by atoms with Gasteiger partial charge in [0.2, 0.25) is 0 Å². The highest BCUT2D eigenvalue weighted by Crippen LogP contribution is 2.17. The fourth-order valence-corrected chi connectivity index (χ4v) is 2.14. The third-order valence-corrected chi connectivity index (χ3v) is 2.60. The lowest BCUT2D eigenvalue weighted by atomic mass is 10.4. The molecule has 50 valence electrons. The van der Waals surface area contributed by atoms with Crippen molar-refractivity contribution in [2.24, 2.45) is 0 Å². The third-order valence-electron chi connectivity index (χ3n) is 0.601. The van der Waals surface area contributed by atoms with Crippen LogP contribution in [-0.2, 0) is 0 Å². The first-order chi connectivity index (χ1) is 3.66. The lowest BCUT2D eigenvalue weighted by molar-refractivity contribution is 0.912. The second-order valence-corrected chi connectivity index (χ2v) is 5.14. The van der Waals surface area contributed by atoms with Crippen molar-refractivity contribution in [1.82, 2.24) is 0 Å². The minimum absolute atomic E-state index is 0.0330. The lowest BCUT2D eigenvalue weighted by Crippen LogP contribution is -2.03. The molecule has 0 heterocycles. The van der Waals surface area contributed by atoms with E-state index >= 15 is 0 Å². The van der Waals surface area contributed by atoms with E-state index in [9.17, 15) is 0 Å². The molecule has 0 aromatic rings. The van der Waals surface area contributed by atoms with Crippen LogP contribution in [0, 0.1) is 0 Å². The first-order valence-corrected chi connectivity index (χ1v) is 4.95. The average molecular weight is 285 g/mol. The van der Waals surface area contributed by atoms with Crippen LogP contribution in [0.4, 0.5) is 0 Å². The Kier molecular flexibility index (Phi) is 6.36. The third kappa shape index (κ3) is 5.67. The summed E-state index contributed by atoms with van der Waals surface area (Å²) in [6.45, 7) is 0. The van der Waals surface area contributed by atoms with Crippen LogP contribution in [0.25, 0.3) is 0 Å². The number of halogens is 4. The molecule has 0 spiro atoms. The molecule has 2 atom stereocenters. The van der Waals surface area contributed by atoms with Crippen LogP contribution < -0.4 is 0 Å². The van der Waals surface area contributed by atoms with Crippen LogP contribution >= 0.6 is 55.1 Å². The number of rotatable bonds is 3. The topological polar surface area (TPSA) is 0 Å². The highest BCUT2D eigenvalue weighted by molar-refractivity contribution is 9.10. The molecule has 0 aliphatic carbocycles. The first kappa shape index (κ1) is 9.54. The number of alkyl halides is 4. The Balaban J connectivity index is 3.10.